The summed E-state index contributed by atoms with van der Waals surface area (Å²) in [5.74, 6) is -1.79. The van der Waals surface area contributed by atoms with Gasteiger partial charge in [-0.2, -0.15) is 5.10 Å². The summed E-state index contributed by atoms with van der Waals surface area (Å²) in [4.78, 5) is 33.8. The highest BCUT2D eigenvalue weighted by Gasteiger charge is 2.16. The van der Waals surface area contributed by atoms with Gasteiger partial charge in [0.1, 0.15) is 12.1 Å². The molecule has 0 aromatic carbocycles. The van der Waals surface area contributed by atoms with Crippen LogP contribution < -0.4 is 0 Å². The lowest BCUT2D eigenvalue weighted by Crippen LogP contribution is -2.27. The molecule has 0 fully saturated rings. The number of carbonyl (C=O) groups excluding carboxylic acids is 3. The molecule has 18 heavy (non-hydrogen) atoms. The fourth-order valence-electron chi connectivity index (χ4n) is 1.01. The third-order valence-corrected chi connectivity index (χ3v) is 1.83. The molecule has 0 N–H and O–H groups in total. The summed E-state index contributed by atoms with van der Waals surface area (Å²) >= 11 is 0. The van der Waals surface area contributed by atoms with Gasteiger partial charge in [-0.1, -0.05) is 0 Å². The van der Waals surface area contributed by atoms with Crippen LogP contribution in [-0.4, -0.2) is 48.8 Å². The van der Waals surface area contributed by atoms with E-state index in [1.165, 1.54) is 14.0 Å². The van der Waals surface area contributed by atoms with Crippen molar-refractivity contribution < 1.29 is 23.9 Å². The molecule has 0 spiro atoms. The molecule has 0 aliphatic carbocycles. The summed E-state index contributed by atoms with van der Waals surface area (Å²) in [5.41, 5.74) is 0.0385. The maximum Gasteiger partial charge on any atom is 0.354 e. The number of ether oxygens (including phenoxy) is 2. The van der Waals surface area contributed by atoms with Crippen LogP contribution in [-0.2, 0) is 23.9 Å². The van der Waals surface area contributed by atoms with Crippen molar-refractivity contribution in [2.45, 2.75) is 27.2 Å². The van der Waals surface area contributed by atoms with Gasteiger partial charge in [-0.3, -0.25) is 9.59 Å². The van der Waals surface area contributed by atoms with E-state index in [-0.39, 0.29) is 18.9 Å². The van der Waals surface area contributed by atoms with Gasteiger partial charge in [-0.25, -0.2) is 9.80 Å². The Balaban J connectivity index is 4.42. The Bertz CT molecular complexity index is 351. The van der Waals surface area contributed by atoms with Crippen LogP contribution in [0.4, 0.5) is 0 Å². The fourth-order valence-corrected chi connectivity index (χ4v) is 1.01. The minimum absolute atomic E-state index is 0.0385. The third kappa shape index (κ3) is 5.97. The maximum atomic E-state index is 11.5. The lowest BCUT2D eigenvalue weighted by atomic mass is 10.4. The predicted octanol–water partition coefficient (Wildman–Crippen LogP) is 0.337. The lowest BCUT2D eigenvalue weighted by Gasteiger charge is -2.11. The molecule has 0 aliphatic heterocycles. The number of esters is 2. The van der Waals surface area contributed by atoms with E-state index < -0.39 is 24.3 Å². The van der Waals surface area contributed by atoms with Gasteiger partial charge < -0.3 is 9.47 Å². The number of hydrogen-bond donors (Lipinski definition) is 0. The Morgan fingerprint density at radius 1 is 1.11 bits per heavy atom. The van der Waals surface area contributed by atoms with Crippen molar-refractivity contribution >= 4 is 23.6 Å². The second-order valence-corrected chi connectivity index (χ2v) is 3.31. The lowest BCUT2D eigenvalue weighted by molar-refractivity contribution is -0.148. The zero-order valence-electron chi connectivity index (χ0n) is 11.1. The minimum atomic E-state index is -0.627. The van der Waals surface area contributed by atoms with Gasteiger partial charge in [0, 0.05) is 7.05 Å². The average molecular weight is 258 g/mol. The van der Waals surface area contributed by atoms with Gasteiger partial charge in [-0.05, 0) is 20.8 Å². The van der Waals surface area contributed by atoms with E-state index in [1.807, 2.05) is 0 Å². The van der Waals surface area contributed by atoms with Crippen LogP contribution >= 0.6 is 0 Å². The van der Waals surface area contributed by atoms with Crippen LogP contribution in [0.2, 0.25) is 0 Å². The molecule has 0 atom stereocenters. The summed E-state index contributed by atoms with van der Waals surface area (Å²) in [6, 6.07) is 0. The van der Waals surface area contributed by atoms with Crippen LogP contribution in [0.25, 0.3) is 0 Å². The molecule has 0 bridgehead atoms. The highest BCUT2D eigenvalue weighted by Crippen LogP contribution is 1.96. The molecule has 7 nitrogen and oxygen atoms in total. The summed E-state index contributed by atoms with van der Waals surface area (Å²) in [7, 11) is 1.35. The predicted molar refractivity (Wildman–Crippen MR) is 63.8 cm³/mol. The normalized spacial score (nSPS) is 10.8. The van der Waals surface area contributed by atoms with Crippen LogP contribution in [0, 0.1) is 0 Å². The molecular formula is C11H18N2O5. The first-order valence-corrected chi connectivity index (χ1v) is 5.56. The molecule has 0 rings (SSSR count). The molecule has 0 aromatic heterocycles. The number of rotatable bonds is 6. The van der Waals surface area contributed by atoms with E-state index >= 15 is 0 Å². The van der Waals surface area contributed by atoms with Crippen LogP contribution in [0.3, 0.4) is 0 Å². The van der Waals surface area contributed by atoms with Crippen molar-refractivity contribution in [2.24, 2.45) is 5.10 Å². The topological polar surface area (TPSA) is 85.3 Å². The van der Waals surface area contributed by atoms with E-state index in [0.29, 0.717) is 0 Å². The zero-order chi connectivity index (χ0) is 14.1. The first-order chi connectivity index (χ1) is 8.42. The van der Waals surface area contributed by atoms with Crippen molar-refractivity contribution in [3.8, 4) is 0 Å². The molecule has 0 aliphatic rings. The molecule has 0 aromatic rings. The number of hydrazone groups is 1. The zero-order valence-corrected chi connectivity index (χ0v) is 11.1. The molecule has 0 saturated heterocycles. The number of amides is 1. The summed E-state index contributed by atoms with van der Waals surface area (Å²) in [6.07, 6.45) is -0.413. The minimum Gasteiger partial charge on any atom is -0.466 e. The van der Waals surface area contributed by atoms with Gasteiger partial charge in [0.2, 0.25) is 0 Å². The van der Waals surface area contributed by atoms with Crippen molar-refractivity contribution in [1.82, 2.24) is 5.01 Å². The summed E-state index contributed by atoms with van der Waals surface area (Å²) < 4.78 is 9.33. The summed E-state index contributed by atoms with van der Waals surface area (Å²) in [5, 5.41) is 4.65. The van der Waals surface area contributed by atoms with Gasteiger partial charge in [0.25, 0.3) is 5.91 Å². The quantitative estimate of drug-likeness (QED) is 0.297. The number of nitrogens with zero attached hydrogens (tertiary/aromatic N) is 2. The van der Waals surface area contributed by atoms with Crippen molar-refractivity contribution in [2.75, 3.05) is 20.3 Å². The molecule has 0 saturated carbocycles. The highest BCUT2D eigenvalue weighted by atomic mass is 16.5. The van der Waals surface area contributed by atoms with Crippen LogP contribution in [0.1, 0.15) is 27.2 Å². The Labute approximate surface area is 106 Å². The van der Waals surface area contributed by atoms with Gasteiger partial charge >= 0.3 is 11.9 Å². The summed E-state index contributed by atoms with van der Waals surface area (Å²) in [6.45, 7) is 5.18. The Morgan fingerprint density at radius 2 is 1.67 bits per heavy atom. The van der Waals surface area contributed by atoms with Gasteiger partial charge in [0.05, 0.1) is 13.2 Å². The standard InChI is InChI=1S/C11H18N2O5/c1-5-17-10(15)7-9(14)13(4)12-8(3)11(16)18-6-2/h5-7H2,1-4H3/b12-8+. The van der Waals surface area contributed by atoms with Crippen molar-refractivity contribution in [3.63, 3.8) is 0 Å². The smallest absolute Gasteiger partial charge is 0.354 e. The van der Waals surface area contributed by atoms with Crippen molar-refractivity contribution in [3.05, 3.63) is 0 Å². The first-order valence-electron chi connectivity index (χ1n) is 5.56. The van der Waals surface area contributed by atoms with E-state index in [0.717, 1.165) is 5.01 Å². The molecule has 0 unspecified atom stereocenters. The SMILES string of the molecule is CCOC(=O)CC(=O)N(C)/N=C(\C)C(=O)OCC. The van der Waals surface area contributed by atoms with Crippen LogP contribution in [0.15, 0.2) is 5.10 Å². The van der Waals surface area contributed by atoms with E-state index in [2.05, 4.69) is 9.84 Å². The molecule has 1 amide bonds. The van der Waals surface area contributed by atoms with Gasteiger partial charge in [-0.15, -0.1) is 0 Å². The number of hydrogen-bond acceptors (Lipinski definition) is 6. The largest absolute Gasteiger partial charge is 0.466 e. The Hall–Kier alpha value is -1.92. The number of carbonyl (C=O) groups is 3. The Morgan fingerprint density at radius 3 is 2.17 bits per heavy atom. The molecular weight excluding hydrogens is 240 g/mol. The highest BCUT2D eigenvalue weighted by molar-refractivity contribution is 6.35. The van der Waals surface area contributed by atoms with Crippen molar-refractivity contribution in [1.29, 1.82) is 0 Å². The average Bonchev–Trinajstić information content (AvgIpc) is 2.29. The van der Waals surface area contributed by atoms with Crippen LogP contribution in [0.5, 0.6) is 0 Å². The second kappa shape index (κ2) is 8.21. The van der Waals surface area contributed by atoms with E-state index in [4.69, 9.17) is 4.74 Å². The third-order valence-electron chi connectivity index (χ3n) is 1.83. The molecule has 0 heterocycles. The molecule has 0 radical (unpaired) electrons. The van der Waals surface area contributed by atoms with E-state index in [1.54, 1.807) is 13.8 Å². The second-order valence-electron chi connectivity index (χ2n) is 3.31. The van der Waals surface area contributed by atoms with E-state index in [9.17, 15) is 14.4 Å². The maximum absolute atomic E-state index is 11.5. The molecule has 102 valence electrons. The molecule has 7 heteroatoms. The Kier molecular flexibility index (Phi) is 7.34. The monoisotopic (exact) mass is 258 g/mol. The fraction of sp³-hybridized carbons (Fsp3) is 0.636. The van der Waals surface area contributed by atoms with Gasteiger partial charge in [0.15, 0.2) is 0 Å². The first kappa shape index (κ1) is 16.1.